The van der Waals surface area contributed by atoms with Crippen molar-refractivity contribution < 1.29 is 18.6 Å². The molecule has 3 heterocycles. The van der Waals surface area contributed by atoms with E-state index >= 15 is 0 Å². The zero-order valence-corrected chi connectivity index (χ0v) is 22.3. The number of benzene rings is 2. The van der Waals surface area contributed by atoms with Crippen LogP contribution in [0.2, 0.25) is 0 Å². The minimum Gasteiger partial charge on any atom is -0.399 e. The average Bonchev–Trinajstić information content (AvgIpc) is 3.38. The normalized spacial score (nSPS) is 15.9. The fraction of sp³-hybridized carbons (Fsp3) is 0.280. The summed E-state index contributed by atoms with van der Waals surface area (Å²) in [5, 5.41) is 18.7. The molecule has 5 rings (SSSR count). The van der Waals surface area contributed by atoms with Gasteiger partial charge in [-0.05, 0) is 72.9 Å². The van der Waals surface area contributed by atoms with E-state index in [1.807, 2.05) is 24.4 Å². The van der Waals surface area contributed by atoms with Gasteiger partial charge in [0, 0.05) is 28.2 Å². The summed E-state index contributed by atoms with van der Waals surface area (Å²) in [5.41, 5.74) is 1.05. The lowest BCUT2D eigenvalue weighted by molar-refractivity contribution is -0.387. The van der Waals surface area contributed by atoms with Crippen LogP contribution in [0.15, 0.2) is 70.2 Å². The van der Waals surface area contributed by atoms with Gasteiger partial charge in [0.2, 0.25) is 5.82 Å². The van der Waals surface area contributed by atoms with Gasteiger partial charge < -0.3 is 13.9 Å². The second-order valence-electron chi connectivity index (χ2n) is 9.66. The van der Waals surface area contributed by atoms with Crippen LogP contribution in [-0.2, 0) is 15.9 Å². The van der Waals surface area contributed by atoms with Gasteiger partial charge in [-0.2, -0.15) is 9.49 Å². The second kappa shape index (κ2) is 10.2. The topological polar surface area (TPSA) is 112 Å². The Morgan fingerprint density at radius 1 is 1.11 bits per heavy atom. The number of fused-ring (bicyclic) bond motifs is 1. The number of aromatic nitrogens is 3. The second-order valence-corrected chi connectivity index (χ2v) is 10.6. The Bertz CT molecular complexity index is 1500. The highest BCUT2D eigenvalue weighted by atomic mass is 79.9. The minimum absolute atomic E-state index is 0.138. The van der Waals surface area contributed by atoms with Crippen molar-refractivity contribution in [1.82, 2.24) is 14.8 Å². The summed E-state index contributed by atoms with van der Waals surface area (Å²) in [6, 6.07) is 12.6. The molecule has 0 unspecified atom stereocenters. The summed E-state index contributed by atoms with van der Waals surface area (Å²) >= 11 is 3.23. The van der Waals surface area contributed by atoms with E-state index in [-0.39, 0.29) is 30.4 Å². The number of hydrogen-bond acceptors (Lipinski definition) is 6. The number of nitro groups is 1. The molecule has 0 atom stereocenters. The highest BCUT2D eigenvalue weighted by molar-refractivity contribution is 9.10. The Labute approximate surface area is 221 Å². The third kappa shape index (κ3) is 5.81. The number of nitro benzene ring substituents is 1. The molecular weight excluding hydrogens is 546 g/mol. The van der Waals surface area contributed by atoms with Gasteiger partial charge in [0.15, 0.2) is 0 Å². The summed E-state index contributed by atoms with van der Waals surface area (Å²) in [5.74, 6) is -0.893. The number of aromatic amines is 1. The molecule has 192 valence electrons. The fourth-order valence-corrected chi connectivity index (χ4v) is 4.08. The van der Waals surface area contributed by atoms with Gasteiger partial charge in [0.05, 0.1) is 34.4 Å². The third-order valence-corrected chi connectivity index (χ3v) is 6.97. The lowest BCUT2D eigenvalue weighted by atomic mass is 9.79. The quantitative estimate of drug-likeness (QED) is 0.218. The Balaban J connectivity index is 0.000000173. The van der Waals surface area contributed by atoms with Crippen molar-refractivity contribution in [2.24, 2.45) is 0 Å². The number of halogens is 2. The van der Waals surface area contributed by atoms with E-state index in [1.165, 1.54) is 16.7 Å². The first kappa shape index (κ1) is 26.7. The first-order valence-electron chi connectivity index (χ1n) is 11.4. The number of pyridine rings is 1. The number of rotatable bonds is 4. The summed E-state index contributed by atoms with van der Waals surface area (Å²) in [4.78, 5) is 21.4. The van der Waals surface area contributed by atoms with Crippen LogP contribution in [0.25, 0.3) is 10.9 Å². The standard InChI is InChI=1S/C13H17BN2O2.C12H8BrFN2O3/c1-12(2)13(3,4)18-14(17-12)10-6-5-9-8-15-16-11(9)7-10;13-9-2-4-12(17)15(7-9)6-8-1-3-10(14)11(5-8)16(18)19/h5-8H,1-4H3,(H,15,16);1-5,7H,6H2. The van der Waals surface area contributed by atoms with Crippen molar-refractivity contribution in [1.29, 1.82) is 0 Å². The van der Waals surface area contributed by atoms with Crippen molar-refractivity contribution in [2.75, 3.05) is 0 Å². The Morgan fingerprint density at radius 3 is 2.49 bits per heavy atom. The summed E-state index contributed by atoms with van der Waals surface area (Å²) in [7, 11) is -0.317. The molecule has 2 aromatic heterocycles. The van der Waals surface area contributed by atoms with Crippen LogP contribution in [0.4, 0.5) is 10.1 Å². The zero-order valence-electron chi connectivity index (χ0n) is 20.7. The van der Waals surface area contributed by atoms with Crippen LogP contribution >= 0.6 is 15.9 Å². The van der Waals surface area contributed by atoms with Crippen LogP contribution in [0.5, 0.6) is 0 Å². The maximum absolute atomic E-state index is 13.2. The number of nitrogens with zero attached hydrogens (tertiary/aromatic N) is 3. The largest absolute Gasteiger partial charge is 0.494 e. The van der Waals surface area contributed by atoms with Crippen molar-refractivity contribution in [3.63, 3.8) is 0 Å². The fourth-order valence-electron chi connectivity index (χ4n) is 3.70. The van der Waals surface area contributed by atoms with Crippen LogP contribution in [-0.4, -0.2) is 38.0 Å². The van der Waals surface area contributed by atoms with Crippen molar-refractivity contribution >= 4 is 45.1 Å². The smallest absolute Gasteiger partial charge is 0.399 e. The van der Waals surface area contributed by atoms with Gasteiger partial charge in [0.25, 0.3) is 5.56 Å². The van der Waals surface area contributed by atoms with E-state index in [0.29, 0.717) is 10.0 Å². The molecule has 0 saturated carbocycles. The lowest BCUT2D eigenvalue weighted by Crippen LogP contribution is -2.41. The molecule has 2 aromatic carbocycles. The molecule has 12 heteroatoms. The van der Waals surface area contributed by atoms with E-state index in [9.17, 15) is 19.3 Å². The molecule has 1 N–H and O–H groups in total. The maximum Gasteiger partial charge on any atom is 0.494 e. The number of hydrogen-bond donors (Lipinski definition) is 1. The van der Waals surface area contributed by atoms with Gasteiger partial charge in [-0.15, -0.1) is 0 Å². The maximum atomic E-state index is 13.2. The lowest BCUT2D eigenvalue weighted by Gasteiger charge is -2.32. The van der Waals surface area contributed by atoms with Crippen molar-refractivity contribution in [3.05, 3.63) is 97.2 Å². The Hall–Kier alpha value is -3.35. The molecule has 0 aliphatic carbocycles. The molecule has 0 radical (unpaired) electrons. The Kier molecular flexibility index (Phi) is 7.36. The highest BCUT2D eigenvalue weighted by Crippen LogP contribution is 2.36. The van der Waals surface area contributed by atoms with Gasteiger partial charge in [-0.1, -0.05) is 18.2 Å². The molecule has 4 aromatic rings. The van der Waals surface area contributed by atoms with Crippen LogP contribution in [0.3, 0.4) is 0 Å². The van der Waals surface area contributed by atoms with Crippen LogP contribution in [0, 0.1) is 15.9 Å². The van der Waals surface area contributed by atoms with Crippen LogP contribution < -0.4 is 11.0 Å². The van der Waals surface area contributed by atoms with E-state index in [0.717, 1.165) is 28.5 Å². The summed E-state index contributed by atoms with van der Waals surface area (Å²) < 4.78 is 27.3. The van der Waals surface area contributed by atoms with Gasteiger partial charge in [-0.25, -0.2) is 0 Å². The molecule has 1 fully saturated rings. The van der Waals surface area contributed by atoms with E-state index < -0.39 is 16.4 Å². The molecule has 1 saturated heterocycles. The van der Waals surface area contributed by atoms with E-state index in [4.69, 9.17) is 9.31 Å². The molecular formula is C25H25BBrFN4O5. The van der Waals surface area contributed by atoms with Crippen molar-refractivity contribution in [2.45, 2.75) is 45.4 Å². The molecule has 37 heavy (non-hydrogen) atoms. The summed E-state index contributed by atoms with van der Waals surface area (Å²) in [6.07, 6.45) is 3.38. The van der Waals surface area contributed by atoms with Gasteiger partial charge >= 0.3 is 12.8 Å². The minimum atomic E-state index is -0.893. The van der Waals surface area contributed by atoms with E-state index in [2.05, 4.69) is 53.8 Å². The van der Waals surface area contributed by atoms with Gasteiger partial charge in [-0.3, -0.25) is 20.0 Å². The third-order valence-electron chi connectivity index (χ3n) is 6.50. The molecule has 9 nitrogen and oxygen atoms in total. The first-order chi connectivity index (χ1) is 17.4. The van der Waals surface area contributed by atoms with Crippen LogP contribution in [0.1, 0.15) is 33.3 Å². The predicted molar refractivity (Wildman–Crippen MR) is 142 cm³/mol. The number of H-pyrrole nitrogens is 1. The van der Waals surface area contributed by atoms with E-state index in [1.54, 1.807) is 12.3 Å². The number of nitrogens with one attached hydrogen (secondary N) is 1. The Morgan fingerprint density at radius 2 is 1.81 bits per heavy atom. The highest BCUT2D eigenvalue weighted by Gasteiger charge is 2.51. The predicted octanol–water partition coefficient (Wildman–Crippen LogP) is 4.57. The van der Waals surface area contributed by atoms with Gasteiger partial charge in [0.1, 0.15) is 0 Å². The molecule has 1 aliphatic heterocycles. The molecule has 0 amide bonds. The van der Waals surface area contributed by atoms with Crippen molar-refractivity contribution in [3.8, 4) is 0 Å². The monoisotopic (exact) mass is 570 g/mol. The summed E-state index contributed by atoms with van der Waals surface area (Å²) in [6.45, 7) is 8.37. The zero-order chi connectivity index (χ0) is 27.0. The molecule has 0 bridgehead atoms. The molecule has 1 aliphatic rings. The molecule has 0 spiro atoms. The first-order valence-corrected chi connectivity index (χ1v) is 12.2. The SMILES string of the molecule is CC1(C)OB(c2ccc3cn[nH]c3c2)OC1(C)C.O=c1ccc(Br)cn1Cc1ccc(F)c([N+](=O)[O-])c1. The average molecular weight is 571 g/mol.